The SMILES string of the molecule is O=C(CSc1ccccc1)N1CCC[C@@H]1[C@H]1CCCO1. The summed E-state index contributed by atoms with van der Waals surface area (Å²) in [6.07, 6.45) is 4.75. The summed E-state index contributed by atoms with van der Waals surface area (Å²) in [6, 6.07) is 10.5. The summed E-state index contributed by atoms with van der Waals surface area (Å²) >= 11 is 1.63. The van der Waals surface area contributed by atoms with Gasteiger partial charge < -0.3 is 9.64 Å². The Kier molecular flexibility index (Phi) is 4.63. The van der Waals surface area contributed by atoms with Gasteiger partial charge in [0.1, 0.15) is 0 Å². The zero-order valence-corrected chi connectivity index (χ0v) is 12.5. The summed E-state index contributed by atoms with van der Waals surface area (Å²) in [6.45, 7) is 1.76. The van der Waals surface area contributed by atoms with Crippen LogP contribution in [-0.2, 0) is 9.53 Å². The summed E-state index contributed by atoms with van der Waals surface area (Å²) in [5.41, 5.74) is 0. The monoisotopic (exact) mass is 291 g/mol. The lowest BCUT2D eigenvalue weighted by atomic mass is 10.1. The molecule has 0 aromatic heterocycles. The molecule has 2 aliphatic rings. The molecule has 2 fully saturated rings. The van der Waals surface area contributed by atoms with E-state index in [9.17, 15) is 4.79 Å². The molecule has 2 atom stereocenters. The van der Waals surface area contributed by atoms with Crippen molar-refractivity contribution in [3.05, 3.63) is 30.3 Å². The van der Waals surface area contributed by atoms with Gasteiger partial charge in [-0.2, -0.15) is 0 Å². The van der Waals surface area contributed by atoms with E-state index in [-0.39, 0.29) is 12.0 Å². The average Bonchev–Trinajstić information content (AvgIpc) is 3.15. The molecule has 2 heterocycles. The first-order chi connectivity index (χ1) is 9.84. The number of thioether (sulfide) groups is 1. The quantitative estimate of drug-likeness (QED) is 0.799. The van der Waals surface area contributed by atoms with Gasteiger partial charge in [0.05, 0.1) is 17.9 Å². The van der Waals surface area contributed by atoms with Crippen LogP contribution in [0.3, 0.4) is 0 Å². The van der Waals surface area contributed by atoms with E-state index >= 15 is 0 Å². The van der Waals surface area contributed by atoms with Crippen molar-refractivity contribution in [3.8, 4) is 0 Å². The number of hydrogen-bond acceptors (Lipinski definition) is 3. The van der Waals surface area contributed by atoms with Crippen LogP contribution in [0.2, 0.25) is 0 Å². The van der Waals surface area contributed by atoms with Crippen LogP contribution in [0.15, 0.2) is 35.2 Å². The number of ether oxygens (including phenoxy) is 1. The lowest BCUT2D eigenvalue weighted by Gasteiger charge is -2.28. The highest BCUT2D eigenvalue weighted by molar-refractivity contribution is 8.00. The molecule has 1 aromatic rings. The van der Waals surface area contributed by atoms with Crippen molar-refractivity contribution in [3.63, 3.8) is 0 Å². The van der Waals surface area contributed by atoms with Gasteiger partial charge in [0.2, 0.25) is 5.91 Å². The molecule has 3 nitrogen and oxygen atoms in total. The standard InChI is InChI=1S/C16H21NO2S/c18-16(12-20-13-6-2-1-3-7-13)17-10-4-8-14(17)15-9-5-11-19-15/h1-3,6-7,14-15H,4-5,8-12H2/t14-,15-/m1/s1. The minimum Gasteiger partial charge on any atom is -0.376 e. The topological polar surface area (TPSA) is 29.5 Å². The van der Waals surface area contributed by atoms with E-state index in [0.717, 1.165) is 43.7 Å². The van der Waals surface area contributed by atoms with Crippen LogP contribution in [-0.4, -0.2) is 41.9 Å². The fraction of sp³-hybridized carbons (Fsp3) is 0.562. The Hall–Kier alpha value is -1.00. The van der Waals surface area contributed by atoms with E-state index in [0.29, 0.717) is 11.8 Å². The first kappa shape index (κ1) is 14.0. The van der Waals surface area contributed by atoms with E-state index in [1.807, 2.05) is 18.2 Å². The Morgan fingerprint density at radius 1 is 1.25 bits per heavy atom. The van der Waals surface area contributed by atoms with Gasteiger partial charge in [-0.3, -0.25) is 4.79 Å². The van der Waals surface area contributed by atoms with Gasteiger partial charge in [0.15, 0.2) is 0 Å². The van der Waals surface area contributed by atoms with Crippen LogP contribution in [0.4, 0.5) is 0 Å². The lowest BCUT2D eigenvalue weighted by Crippen LogP contribution is -2.43. The van der Waals surface area contributed by atoms with Crippen molar-refractivity contribution in [1.29, 1.82) is 0 Å². The number of amides is 1. The number of rotatable bonds is 4. The molecule has 0 radical (unpaired) electrons. The second-order valence-corrected chi connectivity index (χ2v) is 6.50. The van der Waals surface area contributed by atoms with E-state index in [1.54, 1.807) is 11.8 Å². The maximum absolute atomic E-state index is 12.4. The number of likely N-dealkylation sites (tertiary alicyclic amines) is 1. The molecule has 0 unspecified atom stereocenters. The number of carbonyl (C=O) groups is 1. The number of hydrogen-bond donors (Lipinski definition) is 0. The number of carbonyl (C=O) groups excluding carboxylic acids is 1. The molecule has 1 aromatic carbocycles. The highest BCUT2D eigenvalue weighted by Gasteiger charge is 2.36. The van der Waals surface area contributed by atoms with Gasteiger partial charge in [0, 0.05) is 18.0 Å². The molecule has 0 N–H and O–H groups in total. The predicted octanol–water partition coefficient (Wildman–Crippen LogP) is 2.95. The van der Waals surface area contributed by atoms with E-state index in [1.165, 1.54) is 0 Å². The Bertz CT molecular complexity index is 445. The zero-order chi connectivity index (χ0) is 13.8. The predicted molar refractivity (Wildman–Crippen MR) is 80.9 cm³/mol. The first-order valence-corrected chi connectivity index (χ1v) is 8.42. The molecular weight excluding hydrogens is 270 g/mol. The summed E-state index contributed by atoms with van der Waals surface area (Å²) in [7, 11) is 0. The third-order valence-corrected chi connectivity index (χ3v) is 5.12. The number of benzene rings is 1. The summed E-state index contributed by atoms with van der Waals surface area (Å²) in [5.74, 6) is 0.796. The fourth-order valence-electron chi connectivity index (χ4n) is 3.14. The molecule has 20 heavy (non-hydrogen) atoms. The highest BCUT2D eigenvalue weighted by atomic mass is 32.2. The normalized spacial score (nSPS) is 26.1. The van der Waals surface area contributed by atoms with Crippen molar-refractivity contribution < 1.29 is 9.53 Å². The Labute approximate surface area is 124 Å². The maximum atomic E-state index is 12.4. The Morgan fingerprint density at radius 2 is 2.10 bits per heavy atom. The van der Waals surface area contributed by atoms with Crippen LogP contribution in [0.1, 0.15) is 25.7 Å². The van der Waals surface area contributed by atoms with Crippen LogP contribution in [0.5, 0.6) is 0 Å². The van der Waals surface area contributed by atoms with Crippen LogP contribution >= 0.6 is 11.8 Å². The summed E-state index contributed by atoms with van der Waals surface area (Å²) in [4.78, 5) is 15.7. The number of nitrogens with zero attached hydrogens (tertiary/aromatic N) is 1. The van der Waals surface area contributed by atoms with E-state index < -0.39 is 0 Å². The van der Waals surface area contributed by atoms with Crippen molar-refractivity contribution >= 4 is 17.7 Å². The first-order valence-electron chi connectivity index (χ1n) is 7.43. The van der Waals surface area contributed by atoms with Gasteiger partial charge in [-0.25, -0.2) is 0 Å². The van der Waals surface area contributed by atoms with E-state index in [2.05, 4.69) is 17.0 Å². The molecule has 0 aliphatic carbocycles. The average molecular weight is 291 g/mol. The zero-order valence-electron chi connectivity index (χ0n) is 11.7. The second-order valence-electron chi connectivity index (χ2n) is 5.45. The van der Waals surface area contributed by atoms with Crippen molar-refractivity contribution in [2.75, 3.05) is 18.9 Å². The second kappa shape index (κ2) is 6.64. The third kappa shape index (κ3) is 3.18. The lowest BCUT2D eigenvalue weighted by molar-refractivity contribution is -0.131. The molecule has 0 spiro atoms. The minimum atomic E-state index is 0.261. The van der Waals surface area contributed by atoms with Crippen molar-refractivity contribution in [1.82, 2.24) is 4.90 Å². The molecule has 4 heteroatoms. The molecule has 108 valence electrons. The summed E-state index contributed by atoms with van der Waals surface area (Å²) < 4.78 is 5.78. The summed E-state index contributed by atoms with van der Waals surface area (Å²) in [5, 5.41) is 0. The van der Waals surface area contributed by atoms with Gasteiger partial charge in [0.25, 0.3) is 0 Å². The fourth-order valence-corrected chi connectivity index (χ4v) is 3.94. The molecule has 0 bridgehead atoms. The third-order valence-electron chi connectivity index (χ3n) is 4.12. The Balaban J connectivity index is 1.55. The Morgan fingerprint density at radius 3 is 2.85 bits per heavy atom. The van der Waals surface area contributed by atoms with Gasteiger partial charge in [-0.05, 0) is 37.8 Å². The molecule has 1 amide bonds. The van der Waals surface area contributed by atoms with Crippen LogP contribution < -0.4 is 0 Å². The minimum absolute atomic E-state index is 0.261. The smallest absolute Gasteiger partial charge is 0.233 e. The van der Waals surface area contributed by atoms with Crippen LogP contribution in [0.25, 0.3) is 0 Å². The van der Waals surface area contributed by atoms with Gasteiger partial charge in [-0.15, -0.1) is 11.8 Å². The van der Waals surface area contributed by atoms with Gasteiger partial charge >= 0.3 is 0 Å². The molecular formula is C16H21NO2S. The molecule has 3 rings (SSSR count). The van der Waals surface area contributed by atoms with Crippen LogP contribution in [0, 0.1) is 0 Å². The van der Waals surface area contributed by atoms with Crippen molar-refractivity contribution in [2.24, 2.45) is 0 Å². The molecule has 2 aliphatic heterocycles. The maximum Gasteiger partial charge on any atom is 0.233 e. The highest BCUT2D eigenvalue weighted by Crippen LogP contribution is 2.29. The van der Waals surface area contributed by atoms with E-state index in [4.69, 9.17) is 4.74 Å². The molecule has 2 saturated heterocycles. The van der Waals surface area contributed by atoms with Crippen molar-refractivity contribution in [2.45, 2.75) is 42.7 Å². The molecule has 0 saturated carbocycles. The van der Waals surface area contributed by atoms with Gasteiger partial charge in [-0.1, -0.05) is 18.2 Å². The largest absolute Gasteiger partial charge is 0.376 e.